The predicted octanol–water partition coefficient (Wildman–Crippen LogP) is -0.953. The average molecular weight is 350 g/mol. The van der Waals surface area contributed by atoms with Crippen molar-refractivity contribution in [3.05, 3.63) is 35.4 Å². The van der Waals surface area contributed by atoms with Crippen LogP contribution in [-0.4, -0.2) is 47.4 Å². The molecule has 2 amide bonds. The van der Waals surface area contributed by atoms with Crippen molar-refractivity contribution in [1.82, 2.24) is 10.6 Å². The van der Waals surface area contributed by atoms with Gasteiger partial charge in [0.1, 0.15) is 6.04 Å². The number of hydrogen-bond donors (Lipinski definition) is 5. The van der Waals surface area contributed by atoms with Gasteiger partial charge in [0.15, 0.2) is 5.78 Å². The maximum absolute atomic E-state index is 12.4. The predicted molar refractivity (Wildman–Crippen MR) is 93.6 cm³/mol. The van der Waals surface area contributed by atoms with Gasteiger partial charge in [-0.25, -0.2) is 0 Å². The molecule has 1 aromatic rings. The zero-order valence-electron chi connectivity index (χ0n) is 14.5. The number of nitrogens with one attached hydrogen (secondary N) is 2. The highest BCUT2D eigenvalue weighted by Crippen LogP contribution is 2.09. The summed E-state index contributed by atoms with van der Waals surface area (Å²) in [6.07, 6.45) is -0.878. The van der Waals surface area contributed by atoms with Crippen LogP contribution < -0.4 is 22.1 Å². The molecule has 0 aliphatic heterocycles. The molecule has 8 nitrogen and oxygen atoms in total. The second-order valence-corrected chi connectivity index (χ2v) is 5.80. The Hall–Kier alpha value is -2.29. The van der Waals surface area contributed by atoms with Crippen LogP contribution in [-0.2, 0) is 16.1 Å². The highest BCUT2D eigenvalue weighted by Gasteiger charge is 2.29. The number of ketones is 1. The van der Waals surface area contributed by atoms with Crippen LogP contribution in [0.2, 0.25) is 0 Å². The Morgan fingerprint density at radius 2 is 1.80 bits per heavy atom. The number of Topliss-reactive ketones (excluding diaryl/α,β-unsaturated/α-hetero) is 1. The van der Waals surface area contributed by atoms with Crippen LogP contribution in [0.25, 0.3) is 0 Å². The first-order chi connectivity index (χ1) is 11.8. The normalized spacial score (nSPS) is 14.3. The summed E-state index contributed by atoms with van der Waals surface area (Å²) in [5.41, 5.74) is 12.0. The van der Waals surface area contributed by atoms with Crippen molar-refractivity contribution >= 4 is 17.6 Å². The molecule has 1 unspecified atom stereocenters. The number of nitrogens with two attached hydrogens (primary N) is 2. The molecule has 8 heteroatoms. The number of carbonyl (C=O) groups is 3. The standard InChI is InChI=1S/C17H26N4O4/c1-10(22)14(7-8-18)20-17(25)15(11(2)23)21-16(24)13-6-4-3-5-12(13)9-19/h3-6,11,14-15,23H,7-9,18-19H2,1-2H3,(H,20,25)(H,21,24)/t11?,14-,15-/m0/s1. The van der Waals surface area contributed by atoms with Gasteiger partial charge in [-0.1, -0.05) is 18.2 Å². The average Bonchev–Trinajstić information content (AvgIpc) is 2.58. The van der Waals surface area contributed by atoms with Gasteiger partial charge in [-0.2, -0.15) is 0 Å². The molecule has 0 fully saturated rings. The third-order valence-corrected chi connectivity index (χ3v) is 3.80. The SMILES string of the molecule is CC(=O)[C@H](CCN)NC(=O)[C@@H](NC(=O)c1ccccc1CN)C(C)O. The largest absolute Gasteiger partial charge is 0.391 e. The van der Waals surface area contributed by atoms with Gasteiger partial charge in [0.2, 0.25) is 5.91 Å². The Kier molecular flexibility index (Phi) is 8.20. The van der Waals surface area contributed by atoms with Crippen LogP contribution in [0.4, 0.5) is 0 Å². The molecule has 0 aliphatic carbocycles. The van der Waals surface area contributed by atoms with Crippen LogP contribution in [0.3, 0.4) is 0 Å². The van der Waals surface area contributed by atoms with Crippen molar-refractivity contribution < 1.29 is 19.5 Å². The molecule has 1 aromatic carbocycles. The van der Waals surface area contributed by atoms with Gasteiger partial charge in [0.05, 0.1) is 12.1 Å². The summed E-state index contributed by atoms with van der Waals surface area (Å²) in [5.74, 6) is -1.43. The summed E-state index contributed by atoms with van der Waals surface area (Å²) >= 11 is 0. The molecule has 138 valence electrons. The molecule has 0 heterocycles. The lowest BCUT2D eigenvalue weighted by atomic mass is 10.0. The first-order valence-electron chi connectivity index (χ1n) is 8.09. The number of benzene rings is 1. The highest BCUT2D eigenvalue weighted by atomic mass is 16.3. The van der Waals surface area contributed by atoms with Crippen molar-refractivity contribution in [3.63, 3.8) is 0 Å². The molecular weight excluding hydrogens is 324 g/mol. The molecular formula is C17H26N4O4. The van der Waals surface area contributed by atoms with Gasteiger partial charge in [0.25, 0.3) is 5.91 Å². The summed E-state index contributed by atoms with van der Waals surface area (Å²) in [7, 11) is 0. The lowest BCUT2D eigenvalue weighted by Gasteiger charge is -2.24. The van der Waals surface area contributed by atoms with E-state index in [-0.39, 0.29) is 25.3 Å². The van der Waals surface area contributed by atoms with Gasteiger partial charge in [0, 0.05) is 12.1 Å². The van der Waals surface area contributed by atoms with E-state index in [1.54, 1.807) is 24.3 Å². The lowest BCUT2D eigenvalue weighted by molar-refractivity contribution is -0.129. The van der Waals surface area contributed by atoms with Crippen LogP contribution in [0.5, 0.6) is 0 Å². The van der Waals surface area contributed by atoms with E-state index < -0.39 is 30.0 Å². The Morgan fingerprint density at radius 3 is 2.32 bits per heavy atom. The number of rotatable bonds is 9. The summed E-state index contributed by atoms with van der Waals surface area (Å²) < 4.78 is 0. The fourth-order valence-electron chi connectivity index (χ4n) is 2.35. The summed E-state index contributed by atoms with van der Waals surface area (Å²) in [6, 6.07) is 4.76. The van der Waals surface area contributed by atoms with Crippen molar-refractivity contribution in [2.24, 2.45) is 11.5 Å². The minimum absolute atomic E-state index is 0.165. The molecule has 0 bridgehead atoms. The smallest absolute Gasteiger partial charge is 0.252 e. The van der Waals surface area contributed by atoms with Gasteiger partial charge >= 0.3 is 0 Å². The first kappa shape index (κ1) is 20.8. The maximum atomic E-state index is 12.4. The number of carbonyl (C=O) groups excluding carboxylic acids is 3. The molecule has 3 atom stereocenters. The molecule has 0 saturated carbocycles. The molecule has 25 heavy (non-hydrogen) atoms. The van der Waals surface area contributed by atoms with Crippen LogP contribution in [0.1, 0.15) is 36.2 Å². The Morgan fingerprint density at radius 1 is 1.16 bits per heavy atom. The topological polar surface area (TPSA) is 148 Å². The molecule has 0 aromatic heterocycles. The summed E-state index contributed by atoms with van der Waals surface area (Å²) in [5, 5.41) is 14.9. The van der Waals surface area contributed by atoms with E-state index in [0.717, 1.165) is 0 Å². The molecule has 7 N–H and O–H groups in total. The van der Waals surface area contributed by atoms with E-state index in [0.29, 0.717) is 11.1 Å². The van der Waals surface area contributed by atoms with Gasteiger partial charge in [-0.15, -0.1) is 0 Å². The van der Waals surface area contributed by atoms with Crippen LogP contribution >= 0.6 is 0 Å². The fraction of sp³-hybridized carbons (Fsp3) is 0.471. The lowest BCUT2D eigenvalue weighted by Crippen LogP contribution is -2.55. The second-order valence-electron chi connectivity index (χ2n) is 5.80. The van der Waals surface area contributed by atoms with E-state index >= 15 is 0 Å². The summed E-state index contributed by atoms with van der Waals surface area (Å²) in [6.45, 7) is 3.11. The van der Waals surface area contributed by atoms with Gasteiger partial charge < -0.3 is 27.2 Å². The van der Waals surface area contributed by atoms with E-state index in [9.17, 15) is 19.5 Å². The fourth-order valence-corrected chi connectivity index (χ4v) is 2.35. The Balaban J connectivity index is 2.91. The van der Waals surface area contributed by atoms with Crippen LogP contribution in [0.15, 0.2) is 24.3 Å². The van der Waals surface area contributed by atoms with E-state index in [1.165, 1.54) is 13.8 Å². The van der Waals surface area contributed by atoms with Gasteiger partial charge in [-0.3, -0.25) is 14.4 Å². The van der Waals surface area contributed by atoms with E-state index in [4.69, 9.17) is 11.5 Å². The van der Waals surface area contributed by atoms with Gasteiger partial charge in [-0.05, 0) is 38.4 Å². The zero-order valence-corrected chi connectivity index (χ0v) is 14.5. The molecule has 0 spiro atoms. The minimum Gasteiger partial charge on any atom is -0.391 e. The van der Waals surface area contributed by atoms with E-state index in [1.807, 2.05) is 0 Å². The zero-order chi connectivity index (χ0) is 19.0. The van der Waals surface area contributed by atoms with Crippen molar-refractivity contribution in [2.75, 3.05) is 6.54 Å². The van der Waals surface area contributed by atoms with Crippen LogP contribution in [0, 0.1) is 0 Å². The number of aliphatic hydroxyl groups excluding tert-OH is 1. The van der Waals surface area contributed by atoms with Crippen molar-refractivity contribution in [3.8, 4) is 0 Å². The third-order valence-electron chi connectivity index (χ3n) is 3.80. The quantitative estimate of drug-likeness (QED) is 0.388. The monoisotopic (exact) mass is 350 g/mol. The van der Waals surface area contributed by atoms with Crippen molar-refractivity contribution in [1.29, 1.82) is 0 Å². The van der Waals surface area contributed by atoms with Crippen molar-refractivity contribution in [2.45, 2.75) is 45.0 Å². The highest BCUT2D eigenvalue weighted by molar-refractivity contribution is 5.99. The van der Waals surface area contributed by atoms with E-state index in [2.05, 4.69) is 10.6 Å². The Labute approximate surface area is 147 Å². The number of hydrogen-bond acceptors (Lipinski definition) is 6. The first-order valence-corrected chi connectivity index (χ1v) is 8.09. The Bertz CT molecular complexity index is 618. The molecule has 0 saturated heterocycles. The molecule has 0 aliphatic rings. The summed E-state index contributed by atoms with van der Waals surface area (Å²) in [4.78, 5) is 36.4. The number of amides is 2. The second kappa shape index (κ2) is 9.87. The third kappa shape index (κ3) is 5.93. The number of aliphatic hydroxyl groups is 1. The minimum atomic E-state index is -1.21. The molecule has 0 radical (unpaired) electrons. The maximum Gasteiger partial charge on any atom is 0.252 e. The molecule has 1 rings (SSSR count).